The summed E-state index contributed by atoms with van der Waals surface area (Å²) in [5, 5.41) is 10.2. The lowest BCUT2D eigenvalue weighted by Gasteiger charge is -2.19. The van der Waals surface area contributed by atoms with E-state index in [1.807, 2.05) is 25.1 Å². The van der Waals surface area contributed by atoms with E-state index in [0.717, 1.165) is 23.1 Å². The van der Waals surface area contributed by atoms with Gasteiger partial charge in [0.1, 0.15) is 5.82 Å². The number of fused-ring (bicyclic) bond motifs is 1. The third kappa shape index (κ3) is 4.28. The predicted molar refractivity (Wildman–Crippen MR) is 126 cm³/mol. The van der Waals surface area contributed by atoms with Crippen LogP contribution in [0, 0.1) is 0 Å². The number of H-pyrrole nitrogens is 1. The third-order valence-electron chi connectivity index (χ3n) is 5.34. The van der Waals surface area contributed by atoms with Crippen molar-refractivity contribution in [3.05, 3.63) is 70.3 Å². The molecule has 2 aromatic carbocycles. The van der Waals surface area contributed by atoms with Crippen molar-refractivity contribution < 1.29 is 0 Å². The Kier molecular flexibility index (Phi) is 5.71. The molecule has 0 amide bonds. The van der Waals surface area contributed by atoms with Crippen LogP contribution in [0.2, 0.25) is 0 Å². The number of para-hydroxylation sites is 1. The molecule has 0 saturated heterocycles. The van der Waals surface area contributed by atoms with E-state index in [2.05, 4.69) is 76.7 Å². The summed E-state index contributed by atoms with van der Waals surface area (Å²) < 4.78 is 2.10. The first-order valence-corrected chi connectivity index (χ1v) is 11.4. The average molecular weight is 434 g/mol. The fraction of sp³-hybridized carbons (Fsp3) is 0.333. The zero-order valence-corrected chi connectivity index (χ0v) is 19.3. The van der Waals surface area contributed by atoms with Crippen molar-refractivity contribution in [2.24, 2.45) is 0 Å². The molecule has 4 aromatic rings. The van der Waals surface area contributed by atoms with E-state index in [0.29, 0.717) is 16.7 Å². The van der Waals surface area contributed by atoms with Crippen LogP contribution in [0.5, 0.6) is 0 Å². The maximum absolute atomic E-state index is 12.4. The maximum Gasteiger partial charge on any atom is 0.258 e. The minimum absolute atomic E-state index is 0.0806. The molecule has 160 valence electrons. The molecule has 1 unspecified atom stereocenters. The molecule has 0 aliphatic heterocycles. The molecule has 0 aliphatic rings. The monoisotopic (exact) mass is 433 g/mol. The Bertz CT molecular complexity index is 1270. The lowest BCUT2D eigenvalue weighted by atomic mass is 9.87. The third-order valence-corrected chi connectivity index (χ3v) is 6.43. The number of hydrogen-bond acceptors (Lipinski definition) is 5. The summed E-state index contributed by atoms with van der Waals surface area (Å²) in [7, 11) is 0. The Hall–Kier alpha value is -2.93. The van der Waals surface area contributed by atoms with Crippen molar-refractivity contribution in [3.8, 4) is 11.4 Å². The fourth-order valence-electron chi connectivity index (χ4n) is 3.50. The van der Waals surface area contributed by atoms with Gasteiger partial charge in [-0.15, -0.1) is 10.2 Å². The first kappa shape index (κ1) is 21.3. The number of nitrogens with one attached hydrogen (secondary N) is 1. The van der Waals surface area contributed by atoms with Gasteiger partial charge in [-0.1, -0.05) is 68.9 Å². The van der Waals surface area contributed by atoms with Crippen LogP contribution in [0.25, 0.3) is 22.3 Å². The van der Waals surface area contributed by atoms with Gasteiger partial charge in [-0.3, -0.25) is 4.79 Å². The van der Waals surface area contributed by atoms with Crippen LogP contribution in [0.4, 0.5) is 0 Å². The fourth-order valence-corrected chi connectivity index (χ4v) is 4.48. The first-order valence-electron chi connectivity index (χ1n) is 10.5. The SMILES string of the molecule is CCn1c(SC(C)c2nc3ccccc3c(=O)[nH]2)nnc1-c1ccc(C(C)(C)C)cc1. The summed E-state index contributed by atoms with van der Waals surface area (Å²) >= 11 is 1.54. The zero-order chi connectivity index (χ0) is 22.2. The molecule has 0 fully saturated rings. The topological polar surface area (TPSA) is 76.5 Å². The highest BCUT2D eigenvalue weighted by Gasteiger charge is 2.20. The molecular formula is C24H27N5OS. The van der Waals surface area contributed by atoms with Crippen molar-refractivity contribution >= 4 is 22.7 Å². The first-order chi connectivity index (χ1) is 14.8. The number of nitrogens with zero attached hydrogens (tertiary/aromatic N) is 4. The number of thioether (sulfide) groups is 1. The van der Waals surface area contributed by atoms with Crippen LogP contribution >= 0.6 is 11.8 Å². The summed E-state index contributed by atoms with van der Waals surface area (Å²) in [4.78, 5) is 20.0. The Balaban J connectivity index is 1.63. The molecule has 0 spiro atoms. The van der Waals surface area contributed by atoms with E-state index >= 15 is 0 Å². The van der Waals surface area contributed by atoms with E-state index in [-0.39, 0.29) is 16.2 Å². The molecule has 31 heavy (non-hydrogen) atoms. The second kappa shape index (κ2) is 8.30. The van der Waals surface area contributed by atoms with Gasteiger partial charge in [0.05, 0.1) is 16.2 Å². The predicted octanol–water partition coefficient (Wildman–Crippen LogP) is 5.35. The van der Waals surface area contributed by atoms with Gasteiger partial charge in [0, 0.05) is 12.1 Å². The smallest absolute Gasteiger partial charge is 0.258 e. The summed E-state index contributed by atoms with van der Waals surface area (Å²) in [5.74, 6) is 1.48. The van der Waals surface area contributed by atoms with E-state index in [4.69, 9.17) is 0 Å². The highest BCUT2D eigenvalue weighted by molar-refractivity contribution is 7.99. The normalized spacial score (nSPS) is 12.9. The minimum atomic E-state index is -0.121. The largest absolute Gasteiger partial charge is 0.309 e. The van der Waals surface area contributed by atoms with Gasteiger partial charge in [0.2, 0.25) is 0 Å². The van der Waals surface area contributed by atoms with Crippen molar-refractivity contribution in [2.75, 3.05) is 0 Å². The molecule has 0 aliphatic carbocycles. The van der Waals surface area contributed by atoms with Crippen LogP contribution in [0.1, 0.15) is 51.3 Å². The van der Waals surface area contributed by atoms with Crippen LogP contribution in [-0.2, 0) is 12.0 Å². The van der Waals surface area contributed by atoms with Gasteiger partial charge in [-0.05, 0) is 37.0 Å². The molecule has 0 bridgehead atoms. The standard InChI is InChI=1S/C24H27N5OS/c1-6-29-21(16-11-13-17(14-12-16)24(3,4)5)27-28-23(29)31-15(2)20-25-19-10-8-7-9-18(19)22(30)26-20/h7-15H,6H2,1-5H3,(H,25,26,30). The lowest BCUT2D eigenvalue weighted by molar-refractivity contribution is 0.590. The Morgan fingerprint density at radius 3 is 2.45 bits per heavy atom. The molecule has 6 nitrogen and oxygen atoms in total. The summed E-state index contributed by atoms with van der Waals surface area (Å²) in [6, 6.07) is 15.9. The van der Waals surface area contributed by atoms with Gasteiger partial charge in [-0.25, -0.2) is 4.98 Å². The summed E-state index contributed by atoms with van der Waals surface area (Å²) in [6.07, 6.45) is 0. The minimum Gasteiger partial charge on any atom is -0.309 e. The molecule has 0 radical (unpaired) electrons. The Labute approximate surface area is 186 Å². The van der Waals surface area contributed by atoms with Crippen LogP contribution < -0.4 is 5.56 Å². The number of aromatic nitrogens is 5. The van der Waals surface area contributed by atoms with Crippen molar-refractivity contribution in [1.82, 2.24) is 24.7 Å². The number of hydrogen-bond donors (Lipinski definition) is 1. The Morgan fingerprint density at radius 2 is 1.77 bits per heavy atom. The van der Waals surface area contributed by atoms with Crippen molar-refractivity contribution in [3.63, 3.8) is 0 Å². The van der Waals surface area contributed by atoms with E-state index in [1.165, 1.54) is 5.56 Å². The van der Waals surface area contributed by atoms with Gasteiger partial charge >= 0.3 is 0 Å². The zero-order valence-electron chi connectivity index (χ0n) is 18.5. The molecule has 0 saturated carbocycles. The van der Waals surface area contributed by atoms with E-state index in [9.17, 15) is 4.79 Å². The van der Waals surface area contributed by atoms with Crippen LogP contribution in [0.15, 0.2) is 58.5 Å². The van der Waals surface area contributed by atoms with Crippen LogP contribution in [-0.4, -0.2) is 24.7 Å². The summed E-state index contributed by atoms with van der Waals surface area (Å²) in [6.45, 7) is 11.5. The van der Waals surface area contributed by atoms with Gasteiger partial charge in [-0.2, -0.15) is 0 Å². The molecule has 2 aromatic heterocycles. The van der Waals surface area contributed by atoms with E-state index in [1.54, 1.807) is 17.8 Å². The van der Waals surface area contributed by atoms with Gasteiger partial charge in [0.15, 0.2) is 11.0 Å². The summed E-state index contributed by atoms with van der Waals surface area (Å²) in [5.41, 5.74) is 3.01. The van der Waals surface area contributed by atoms with E-state index < -0.39 is 0 Å². The molecular weight excluding hydrogens is 406 g/mol. The molecule has 2 heterocycles. The molecule has 4 rings (SSSR count). The number of aromatic amines is 1. The second-order valence-corrected chi connectivity index (χ2v) is 9.91. The Morgan fingerprint density at radius 1 is 1.06 bits per heavy atom. The lowest BCUT2D eigenvalue weighted by Crippen LogP contribution is -2.13. The second-order valence-electron chi connectivity index (χ2n) is 8.61. The van der Waals surface area contributed by atoms with Crippen molar-refractivity contribution in [2.45, 2.75) is 57.0 Å². The quantitative estimate of drug-likeness (QED) is 0.429. The van der Waals surface area contributed by atoms with Crippen LogP contribution in [0.3, 0.4) is 0 Å². The van der Waals surface area contributed by atoms with Crippen molar-refractivity contribution in [1.29, 1.82) is 0 Å². The molecule has 1 atom stereocenters. The highest BCUT2D eigenvalue weighted by atomic mass is 32.2. The number of rotatable bonds is 5. The molecule has 7 heteroatoms. The maximum atomic E-state index is 12.4. The number of benzene rings is 2. The van der Waals surface area contributed by atoms with Gasteiger partial charge < -0.3 is 9.55 Å². The average Bonchev–Trinajstić information content (AvgIpc) is 3.15. The highest BCUT2D eigenvalue weighted by Crippen LogP contribution is 2.34. The molecule has 1 N–H and O–H groups in total. The van der Waals surface area contributed by atoms with Gasteiger partial charge in [0.25, 0.3) is 5.56 Å².